The van der Waals surface area contributed by atoms with Gasteiger partial charge in [0.25, 0.3) is 0 Å². The average molecular weight is 753 g/mol. The van der Waals surface area contributed by atoms with Crippen LogP contribution in [0.4, 0.5) is 0 Å². The molecule has 0 bridgehead atoms. The van der Waals surface area contributed by atoms with Crippen molar-refractivity contribution in [3.8, 4) is 0 Å². The Balaban J connectivity index is -0.0000000760. The van der Waals surface area contributed by atoms with Crippen LogP contribution >= 0.6 is 28.6 Å². The van der Waals surface area contributed by atoms with E-state index in [0.29, 0.717) is 0 Å². The van der Waals surface area contributed by atoms with Crippen molar-refractivity contribution in [3.63, 3.8) is 0 Å². The van der Waals surface area contributed by atoms with Crippen molar-refractivity contribution in [1.82, 2.24) is 19.6 Å². The number of amides is 4. The zero-order valence-electron chi connectivity index (χ0n) is 18.6. The van der Waals surface area contributed by atoms with Gasteiger partial charge in [-0.25, -0.2) is 0 Å². The molecule has 0 fully saturated rings. The summed E-state index contributed by atoms with van der Waals surface area (Å²) in [7, 11) is 13.8. The van der Waals surface area contributed by atoms with Gasteiger partial charge in [0, 0.05) is 84.1 Å². The maximum absolute atomic E-state index is 10.1. The summed E-state index contributed by atoms with van der Waals surface area (Å²) in [6.07, 6.45) is 0. The van der Waals surface area contributed by atoms with E-state index < -0.39 is 0 Å². The predicted molar refractivity (Wildman–Crippen MR) is 126 cm³/mol. The second-order valence-corrected chi connectivity index (χ2v) is 25.1. The van der Waals surface area contributed by atoms with Gasteiger partial charge in [-0.15, -0.1) is 0 Å². The number of carbonyl (C=O) groups excluding carboxylic acids is 4. The topological polar surface area (TPSA) is 81.2 Å². The van der Waals surface area contributed by atoms with Gasteiger partial charge in [-0.2, -0.15) is 0 Å². The molecule has 0 radical (unpaired) electrons. The van der Waals surface area contributed by atoms with Crippen LogP contribution in [0.5, 0.6) is 0 Å². The quantitative estimate of drug-likeness (QED) is 0.356. The van der Waals surface area contributed by atoms with Crippen LogP contribution in [-0.4, -0.2) is 99.6 Å². The van der Waals surface area contributed by atoms with E-state index in [0.717, 1.165) is 0 Å². The molecule has 0 atom stereocenters. The van der Waals surface area contributed by atoms with E-state index in [4.69, 9.17) is 0 Å². The first kappa shape index (κ1) is 38.3. The van der Waals surface area contributed by atoms with Gasteiger partial charge in [0.2, 0.25) is 23.6 Å². The molecule has 0 saturated carbocycles. The van der Waals surface area contributed by atoms with Gasteiger partial charge < -0.3 is 19.6 Å². The molecule has 0 aliphatic heterocycles. The summed E-state index contributed by atoms with van der Waals surface area (Å²) in [6.45, 7) is 6.11. The Labute approximate surface area is 198 Å². The zero-order chi connectivity index (χ0) is 23.3. The van der Waals surface area contributed by atoms with Gasteiger partial charge in [0.1, 0.15) is 0 Å². The van der Waals surface area contributed by atoms with Gasteiger partial charge in [0.05, 0.1) is 0 Å². The molecule has 0 rings (SSSR count). The summed E-state index contributed by atoms with van der Waals surface area (Å²) in [4.78, 5) is 46.4. The molecule has 0 aliphatic carbocycles. The summed E-state index contributed by atoms with van der Waals surface area (Å²) in [6, 6.07) is 0. The molecule has 0 saturated heterocycles. The number of nitrogens with zero attached hydrogens (tertiary/aromatic N) is 4. The second kappa shape index (κ2) is 26.7. The van der Waals surface area contributed by atoms with Crippen LogP contribution in [0.1, 0.15) is 27.7 Å². The van der Waals surface area contributed by atoms with Crippen molar-refractivity contribution in [2.45, 2.75) is 27.7 Å². The average Bonchev–Trinajstić information content (AvgIpc) is 2.49. The molecule has 0 aromatic rings. The van der Waals surface area contributed by atoms with E-state index in [9.17, 15) is 19.2 Å². The van der Waals surface area contributed by atoms with Crippen molar-refractivity contribution in [1.29, 1.82) is 0 Å². The predicted octanol–water partition coefficient (Wildman–Crippen LogP) is 2.15. The number of halogens is 2. The van der Waals surface area contributed by atoms with Crippen LogP contribution in [-0.2, 0) is 19.2 Å². The van der Waals surface area contributed by atoms with E-state index >= 15 is 0 Å². The van der Waals surface area contributed by atoms with Crippen LogP contribution < -0.4 is 0 Å². The Bertz CT molecular complexity index is 336. The van der Waals surface area contributed by atoms with Crippen LogP contribution in [0.3, 0.4) is 0 Å². The fourth-order valence-corrected chi connectivity index (χ4v) is 0. The minimum absolute atomic E-state index is 0.0926. The fourth-order valence-electron chi connectivity index (χ4n) is 0. The molecule has 0 heterocycles. The van der Waals surface area contributed by atoms with Gasteiger partial charge in [0.15, 0.2) is 0 Å². The van der Waals surface area contributed by atoms with E-state index in [1.165, 1.54) is 47.3 Å². The Morgan fingerprint density at radius 2 is 0.519 bits per heavy atom. The summed E-state index contributed by atoms with van der Waals surface area (Å²) in [5.41, 5.74) is 0. The van der Waals surface area contributed by atoms with Crippen molar-refractivity contribution in [2.24, 2.45) is 0 Å². The second-order valence-electron chi connectivity index (χ2n) is 5.71. The zero-order valence-corrected chi connectivity index (χ0v) is 25.5. The number of carbonyl (C=O) groups is 4. The van der Waals surface area contributed by atoms with Gasteiger partial charge in [-0.3, -0.25) is 19.2 Å². The van der Waals surface area contributed by atoms with E-state index in [1.807, 2.05) is 0 Å². The molecule has 0 N–H and O–H groups in total. The van der Waals surface area contributed by atoms with Gasteiger partial charge in [-0.05, 0) is 0 Å². The van der Waals surface area contributed by atoms with Crippen molar-refractivity contribution in [2.75, 3.05) is 56.4 Å². The maximum atomic E-state index is 10.1. The van der Waals surface area contributed by atoms with Crippen LogP contribution in [0, 0.1) is 25.5 Å². The standard InChI is InChI=1S/4C4H9NO.2HI.Sm/c4*1-4(6)5(2)3;;;/h4*1-3H3;2*1H;/q;;;;;;+2/p-2. The minimum atomic E-state index is 0.0926. The molecule has 4 amide bonds. The number of hydrogen-bond donors (Lipinski definition) is 0. The summed E-state index contributed by atoms with van der Waals surface area (Å²) in [5, 5.41) is 0. The van der Waals surface area contributed by atoms with Gasteiger partial charge in [-0.1, -0.05) is 0 Å². The molecule has 11 heteroatoms. The van der Waals surface area contributed by atoms with Crippen molar-refractivity contribution >= 4 is 52.2 Å². The molecule has 8 nitrogen and oxygen atoms in total. The van der Waals surface area contributed by atoms with E-state index in [2.05, 4.69) is 28.6 Å². The van der Waals surface area contributed by atoms with E-state index in [1.54, 1.807) is 56.4 Å². The molecular formula is C16H36I2N4O4Sm. The molecule has 0 aliphatic rings. The van der Waals surface area contributed by atoms with Crippen LogP contribution in [0.25, 0.3) is 0 Å². The summed E-state index contributed by atoms with van der Waals surface area (Å²) in [5.74, 6) is 0.370. The molecule has 27 heavy (non-hydrogen) atoms. The first-order valence-corrected chi connectivity index (χ1v) is 22.6. The fraction of sp³-hybridized carbons (Fsp3) is 0.750. The summed E-state index contributed by atoms with van der Waals surface area (Å²) < 4.78 is 0. The molecule has 164 valence electrons. The van der Waals surface area contributed by atoms with Crippen molar-refractivity contribution in [3.05, 3.63) is 0 Å². The Hall–Kier alpha value is 0.678. The van der Waals surface area contributed by atoms with Gasteiger partial charge >= 0.3 is 54.0 Å². The third kappa shape index (κ3) is 58.4. The summed E-state index contributed by atoms with van der Waals surface area (Å²) >= 11 is 5.07. The molecule has 0 unspecified atom stereocenters. The SMILES string of the molecule is CC(=O)N(C)C.CC(=O)N(C)C.CC(=O)N(C)C.CC(=O)N(C)C.[I][Sm][I]. The Kier molecular flexibility index (Phi) is 37.8. The third-order valence-corrected chi connectivity index (χ3v) is 2.52. The van der Waals surface area contributed by atoms with E-state index in [-0.39, 0.29) is 49.1 Å². The molecule has 0 spiro atoms. The number of hydrogen-bond acceptors (Lipinski definition) is 4. The monoisotopic (exact) mass is 754 g/mol. The Morgan fingerprint density at radius 1 is 0.481 bits per heavy atom. The first-order chi connectivity index (χ1) is 12.0. The normalized spacial score (nSPS) is 7.63. The molecule has 0 aromatic heterocycles. The van der Waals surface area contributed by atoms with Crippen molar-refractivity contribution < 1.29 is 44.6 Å². The first-order valence-electron chi connectivity index (χ1n) is 7.60. The third-order valence-electron chi connectivity index (χ3n) is 2.52. The Morgan fingerprint density at radius 3 is 0.519 bits per heavy atom. The molecular weight excluding hydrogens is 716 g/mol. The van der Waals surface area contributed by atoms with Crippen LogP contribution in [0.15, 0.2) is 0 Å². The molecule has 0 aromatic carbocycles. The number of rotatable bonds is 0. The van der Waals surface area contributed by atoms with Crippen LogP contribution in [0.2, 0.25) is 0 Å².